The van der Waals surface area contributed by atoms with Crippen LogP contribution in [-0.4, -0.2) is 23.1 Å². The van der Waals surface area contributed by atoms with Gasteiger partial charge in [0.2, 0.25) is 0 Å². The van der Waals surface area contributed by atoms with Crippen molar-refractivity contribution < 1.29 is 14.3 Å². The van der Waals surface area contributed by atoms with Gasteiger partial charge in [-0.2, -0.15) is 0 Å². The quantitative estimate of drug-likeness (QED) is 0.846. The molecule has 6 heteroatoms. The molecule has 21 heavy (non-hydrogen) atoms. The van der Waals surface area contributed by atoms with Gasteiger partial charge in [-0.25, -0.2) is 8.72 Å². The van der Waals surface area contributed by atoms with Crippen molar-refractivity contribution in [1.29, 1.82) is 0 Å². The largest absolute Gasteiger partial charge is 0.444 e. The zero-order chi connectivity index (χ0) is 15.7. The molecule has 1 aromatic carbocycles. The van der Waals surface area contributed by atoms with Crippen LogP contribution in [0.15, 0.2) is 30.3 Å². The number of rotatable bonds is 3. The second-order valence-electron chi connectivity index (χ2n) is 6.13. The molecule has 0 aliphatic heterocycles. The minimum Gasteiger partial charge on any atom is -0.444 e. The number of anilines is 1. The number of amides is 2. The van der Waals surface area contributed by atoms with Gasteiger partial charge in [0, 0.05) is 0 Å². The van der Waals surface area contributed by atoms with Crippen LogP contribution in [-0.2, 0) is 9.53 Å². The average Bonchev–Trinajstić information content (AvgIpc) is 3.16. The maximum Gasteiger partial charge on any atom is 0.408 e. The fourth-order valence-corrected chi connectivity index (χ4v) is 2.46. The van der Waals surface area contributed by atoms with Crippen molar-refractivity contribution in [2.75, 3.05) is 3.93 Å². The summed E-state index contributed by atoms with van der Waals surface area (Å²) in [5.74, 6) is -0.195. The summed E-state index contributed by atoms with van der Waals surface area (Å²) < 4.78 is 6.60. The third kappa shape index (κ3) is 3.97. The molecule has 1 aliphatic carbocycles. The van der Waals surface area contributed by atoms with Crippen LogP contribution in [0, 0.1) is 0 Å². The summed E-state index contributed by atoms with van der Waals surface area (Å²) in [6, 6.07) is 9.20. The Morgan fingerprint density at radius 3 is 2.29 bits per heavy atom. The van der Waals surface area contributed by atoms with Gasteiger partial charge in [-0.15, -0.1) is 0 Å². The molecule has 0 atom stereocenters. The van der Waals surface area contributed by atoms with Gasteiger partial charge in [-0.05, 0) is 45.7 Å². The number of alkyl carbamates (subject to hydrolysis) is 1. The highest BCUT2D eigenvalue weighted by molar-refractivity contribution is 9.10. The Bertz CT molecular complexity index is 536. The van der Waals surface area contributed by atoms with Crippen LogP contribution in [0.25, 0.3) is 0 Å². The molecular weight excluding hydrogens is 336 g/mol. The van der Waals surface area contributed by atoms with Gasteiger partial charge in [-0.1, -0.05) is 18.2 Å². The average molecular weight is 355 g/mol. The number of nitrogens with one attached hydrogen (secondary N) is 1. The number of halogens is 1. The van der Waals surface area contributed by atoms with Gasteiger partial charge in [0.15, 0.2) is 0 Å². The lowest BCUT2D eigenvalue weighted by Crippen LogP contribution is -2.49. The molecule has 0 heterocycles. The first-order valence-electron chi connectivity index (χ1n) is 6.80. The minimum absolute atomic E-state index is 0.195. The maximum absolute atomic E-state index is 12.5. The van der Waals surface area contributed by atoms with E-state index in [1.54, 1.807) is 20.8 Å². The Morgan fingerprint density at radius 2 is 1.81 bits per heavy atom. The van der Waals surface area contributed by atoms with E-state index < -0.39 is 17.2 Å². The standard InChI is InChI=1S/C15H19BrN2O3/c1-14(2,3)21-13(20)17-15(9-10-15)12(19)18(16)11-7-5-4-6-8-11/h4-8H,9-10H2,1-3H3,(H,17,20). The highest BCUT2D eigenvalue weighted by Crippen LogP contribution is 2.39. The molecule has 0 radical (unpaired) electrons. The maximum atomic E-state index is 12.5. The van der Waals surface area contributed by atoms with Gasteiger partial charge < -0.3 is 10.1 Å². The lowest BCUT2D eigenvalue weighted by atomic mass is 10.2. The molecule has 0 saturated heterocycles. The van der Waals surface area contributed by atoms with E-state index in [1.807, 2.05) is 30.3 Å². The molecule has 0 spiro atoms. The second-order valence-corrected chi connectivity index (χ2v) is 6.84. The zero-order valence-electron chi connectivity index (χ0n) is 12.4. The van der Waals surface area contributed by atoms with Gasteiger partial charge in [0.25, 0.3) is 5.91 Å². The fraction of sp³-hybridized carbons (Fsp3) is 0.467. The van der Waals surface area contributed by atoms with Crippen LogP contribution in [0.2, 0.25) is 0 Å². The van der Waals surface area contributed by atoms with Crippen LogP contribution < -0.4 is 9.24 Å². The Balaban J connectivity index is 2.03. The highest BCUT2D eigenvalue weighted by atomic mass is 79.9. The Hall–Kier alpha value is -1.56. The van der Waals surface area contributed by atoms with E-state index in [4.69, 9.17) is 4.74 Å². The Morgan fingerprint density at radius 1 is 1.24 bits per heavy atom. The summed E-state index contributed by atoms with van der Waals surface area (Å²) in [7, 11) is 0. The summed E-state index contributed by atoms with van der Waals surface area (Å²) in [5.41, 5.74) is -0.724. The first-order chi connectivity index (χ1) is 9.73. The molecule has 1 aromatic rings. The van der Waals surface area contributed by atoms with Crippen LogP contribution >= 0.6 is 16.1 Å². The Labute approximate surface area is 133 Å². The number of hydrogen-bond acceptors (Lipinski definition) is 3. The third-order valence-electron chi connectivity index (χ3n) is 3.06. The SMILES string of the molecule is CC(C)(C)OC(=O)NC1(C(=O)N(Br)c2ccccc2)CC1. The van der Waals surface area contributed by atoms with Crippen molar-refractivity contribution in [3.63, 3.8) is 0 Å². The minimum atomic E-state index is -0.859. The number of carbonyl (C=O) groups excluding carboxylic acids is 2. The second kappa shape index (κ2) is 5.67. The number of hydrogen-bond donors (Lipinski definition) is 1. The van der Waals surface area contributed by atoms with Crippen LogP contribution in [0.5, 0.6) is 0 Å². The molecular formula is C15H19BrN2O3. The summed E-state index contributed by atoms with van der Waals surface area (Å²) in [5, 5.41) is 2.69. The van der Waals surface area contributed by atoms with Crippen molar-refractivity contribution in [2.45, 2.75) is 44.8 Å². The molecule has 0 aromatic heterocycles. The molecule has 1 aliphatic rings. The number of para-hydroxylation sites is 1. The summed E-state index contributed by atoms with van der Waals surface area (Å²) in [6.45, 7) is 5.36. The van der Waals surface area contributed by atoms with Crippen LogP contribution in [0.4, 0.5) is 10.5 Å². The number of carbonyl (C=O) groups is 2. The molecule has 0 unspecified atom stereocenters. The van der Waals surface area contributed by atoms with Crippen LogP contribution in [0.3, 0.4) is 0 Å². The number of benzene rings is 1. The topological polar surface area (TPSA) is 58.6 Å². The van der Waals surface area contributed by atoms with Crippen molar-refractivity contribution >= 4 is 33.8 Å². The van der Waals surface area contributed by atoms with E-state index >= 15 is 0 Å². The predicted molar refractivity (Wildman–Crippen MR) is 84.2 cm³/mol. The molecule has 2 amide bonds. The van der Waals surface area contributed by atoms with E-state index in [0.29, 0.717) is 12.8 Å². The normalized spacial score (nSPS) is 16.0. The summed E-state index contributed by atoms with van der Waals surface area (Å²) in [4.78, 5) is 24.4. The Kier molecular flexibility index (Phi) is 4.27. The zero-order valence-corrected chi connectivity index (χ0v) is 13.9. The lowest BCUT2D eigenvalue weighted by Gasteiger charge is -2.25. The van der Waals surface area contributed by atoms with E-state index in [0.717, 1.165) is 5.69 Å². The van der Waals surface area contributed by atoms with Gasteiger partial charge >= 0.3 is 6.09 Å². The van der Waals surface area contributed by atoms with Crippen molar-refractivity contribution in [3.8, 4) is 0 Å². The van der Waals surface area contributed by atoms with E-state index in [1.165, 1.54) is 3.93 Å². The molecule has 114 valence electrons. The summed E-state index contributed by atoms with van der Waals surface area (Å²) >= 11 is 3.27. The van der Waals surface area contributed by atoms with Crippen molar-refractivity contribution in [3.05, 3.63) is 30.3 Å². The molecule has 1 N–H and O–H groups in total. The fourth-order valence-electron chi connectivity index (χ4n) is 1.88. The van der Waals surface area contributed by atoms with Crippen LogP contribution in [0.1, 0.15) is 33.6 Å². The van der Waals surface area contributed by atoms with E-state index in [2.05, 4.69) is 21.5 Å². The molecule has 1 fully saturated rings. The predicted octanol–water partition coefficient (Wildman–Crippen LogP) is 3.39. The van der Waals surface area contributed by atoms with Crippen molar-refractivity contribution in [1.82, 2.24) is 5.32 Å². The molecule has 5 nitrogen and oxygen atoms in total. The first kappa shape index (κ1) is 15.8. The van der Waals surface area contributed by atoms with E-state index in [-0.39, 0.29) is 5.91 Å². The molecule has 2 rings (SSSR count). The lowest BCUT2D eigenvalue weighted by molar-refractivity contribution is -0.120. The van der Waals surface area contributed by atoms with Gasteiger partial charge in [0.1, 0.15) is 11.1 Å². The van der Waals surface area contributed by atoms with Gasteiger partial charge in [-0.3, -0.25) is 4.79 Å². The molecule has 1 saturated carbocycles. The van der Waals surface area contributed by atoms with Gasteiger partial charge in [0.05, 0.1) is 21.8 Å². The van der Waals surface area contributed by atoms with Crippen molar-refractivity contribution in [2.24, 2.45) is 0 Å². The summed E-state index contributed by atoms with van der Waals surface area (Å²) in [6.07, 6.45) is 0.655. The van der Waals surface area contributed by atoms with E-state index in [9.17, 15) is 9.59 Å². The highest BCUT2D eigenvalue weighted by Gasteiger charge is 2.53. The number of ether oxygens (including phenoxy) is 1. The molecule has 0 bridgehead atoms. The smallest absolute Gasteiger partial charge is 0.408 e. The third-order valence-corrected chi connectivity index (χ3v) is 3.79. The number of nitrogens with zero attached hydrogens (tertiary/aromatic N) is 1. The first-order valence-corrected chi connectivity index (χ1v) is 7.51. The monoisotopic (exact) mass is 354 g/mol.